The lowest BCUT2D eigenvalue weighted by atomic mass is 9.86. The molecule has 5 heteroatoms. The zero-order valence-electron chi connectivity index (χ0n) is 14.2. The van der Waals surface area contributed by atoms with Crippen LogP contribution in [0.1, 0.15) is 42.5 Å². The van der Waals surface area contributed by atoms with Crippen LogP contribution in [0.4, 0.5) is 0 Å². The van der Waals surface area contributed by atoms with Gasteiger partial charge < -0.3 is 15.3 Å². The lowest BCUT2D eigenvalue weighted by molar-refractivity contribution is -0.145. The van der Waals surface area contributed by atoms with E-state index in [-0.39, 0.29) is 17.5 Å². The Morgan fingerprint density at radius 3 is 2.48 bits per heavy atom. The molecule has 2 aromatic carbocycles. The first kappa shape index (κ1) is 17.3. The highest BCUT2D eigenvalue weighted by atomic mass is 16.4. The highest BCUT2D eigenvalue weighted by Gasteiger charge is 2.40. The van der Waals surface area contributed by atoms with E-state index in [0.29, 0.717) is 12.8 Å². The van der Waals surface area contributed by atoms with Gasteiger partial charge in [0, 0.05) is 12.5 Å². The van der Waals surface area contributed by atoms with Gasteiger partial charge in [-0.1, -0.05) is 25.1 Å². The number of phenolic OH excluding ortho intramolecular Hbond substituents is 2. The fraction of sp³-hybridized carbons (Fsp3) is 0.350. The molecule has 0 radical (unpaired) electrons. The highest BCUT2D eigenvalue weighted by Crippen LogP contribution is 2.36. The molecule has 0 aromatic heterocycles. The first-order valence-corrected chi connectivity index (χ1v) is 8.54. The molecule has 0 heterocycles. The highest BCUT2D eigenvalue weighted by molar-refractivity contribution is 5.79. The number of aryl methyl sites for hydroxylation is 1. The second-order valence-electron chi connectivity index (χ2n) is 6.70. The first-order valence-electron chi connectivity index (χ1n) is 8.54. The number of nitrogens with one attached hydrogen (secondary N) is 1. The molecule has 5 nitrogen and oxygen atoms in total. The summed E-state index contributed by atoms with van der Waals surface area (Å²) >= 11 is 0. The number of carboxylic acid groups (broad SMARTS) is 1. The van der Waals surface area contributed by atoms with E-state index in [0.717, 1.165) is 29.5 Å². The van der Waals surface area contributed by atoms with Crippen LogP contribution in [-0.4, -0.2) is 26.8 Å². The average molecular weight is 341 g/mol. The Morgan fingerprint density at radius 2 is 1.84 bits per heavy atom. The maximum absolute atomic E-state index is 12.1. The van der Waals surface area contributed by atoms with Gasteiger partial charge >= 0.3 is 5.97 Å². The number of carbonyl (C=O) groups is 1. The number of hydrogen-bond donors (Lipinski definition) is 4. The number of rotatable bonds is 6. The largest absolute Gasteiger partial charge is 0.508 e. The van der Waals surface area contributed by atoms with Crippen LogP contribution in [0.3, 0.4) is 0 Å². The summed E-state index contributed by atoms with van der Waals surface area (Å²) in [6.45, 7) is 1.87. The van der Waals surface area contributed by atoms with Gasteiger partial charge in [0.15, 0.2) is 0 Å². The normalized spacial score (nSPS) is 18.5. The van der Waals surface area contributed by atoms with Gasteiger partial charge in [0.1, 0.15) is 17.0 Å². The maximum Gasteiger partial charge on any atom is 0.324 e. The van der Waals surface area contributed by atoms with Crippen molar-refractivity contribution in [2.75, 3.05) is 0 Å². The van der Waals surface area contributed by atoms with Crippen LogP contribution < -0.4 is 5.32 Å². The van der Waals surface area contributed by atoms with E-state index in [9.17, 15) is 20.1 Å². The van der Waals surface area contributed by atoms with Crippen LogP contribution in [0.15, 0.2) is 42.5 Å². The minimum atomic E-state index is -1.08. The van der Waals surface area contributed by atoms with Gasteiger partial charge in [-0.15, -0.1) is 0 Å². The fourth-order valence-electron chi connectivity index (χ4n) is 3.62. The van der Waals surface area contributed by atoms with Gasteiger partial charge in [0.25, 0.3) is 0 Å². The quantitative estimate of drug-likeness (QED) is 0.648. The van der Waals surface area contributed by atoms with E-state index < -0.39 is 11.5 Å². The Balaban J connectivity index is 1.87. The zero-order chi connectivity index (χ0) is 18.0. The van der Waals surface area contributed by atoms with E-state index >= 15 is 0 Å². The van der Waals surface area contributed by atoms with Gasteiger partial charge in [-0.25, -0.2) is 0 Å². The zero-order valence-corrected chi connectivity index (χ0v) is 14.2. The molecule has 2 aromatic rings. The molecule has 1 unspecified atom stereocenters. The molecule has 1 aliphatic rings. The molecular weight excluding hydrogens is 318 g/mol. The van der Waals surface area contributed by atoms with Crippen LogP contribution in [0, 0.1) is 0 Å². The van der Waals surface area contributed by atoms with Crippen LogP contribution in [-0.2, 0) is 17.6 Å². The smallest absolute Gasteiger partial charge is 0.324 e. The topological polar surface area (TPSA) is 89.8 Å². The maximum atomic E-state index is 12.1. The molecule has 0 fully saturated rings. The molecule has 25 heavy (non-hydrogen) atoms. The lowest BCUT2D eigenvalue weighted by Gasteiger charge is -2.33. The van der Waals surface area contributed by atoms with E-state index in [1.165, 1.54) is 0 Å². The standard InChI is InChI=1S/C20H23NO4/c1-2-20(19(24)25,12-13-3-6-15(22)7-4-13)21-18-10-5-14-11-16(23)8-9-17(14)18/h3-4,6-9,11,18,21-23H,2,5,10,12H2,1H3,(H,24,25)/t18?,20-/m0/s1. The molecule has 4 N–H and O–H groups in total. The van der Waals surface area contributed by atoms with E-state index in [2.05, 4.69) is 5.32 Å². The summed E-state index contributed by atoms with van der Waals surface area (Å²) in [5.41, 5.74) is 1.90. The predicted molar refractivity (Wildman–Crippen MR) is 94.8 cm³/mol. The number of aliphatic carboxylic acids is 1. The van der Waals surface area contributed by atoms with Crippen molar-refractivity contribution in [3.05, 3.63) is 59.2 Å². The SMILES string of the molecule is CC[C@@](Cc1ccc(O)cc1)(NC1CCc2cc(O)ccc21)C(=O)O. The molecule has 0 aliphatic heterocycles. The van der Waals surface area contributed by atoms with Gasteiger partial charge in [0.05, 0.1) is 0 Å². The molecule has 1 aliphatic carbocycles. The summed E-state index contributed by atoms with van der Waals surface area (Å²) in [7, 11) is 0. The van der Waals surface area contributed by atoms with Crippen molar-refractivity contribution in [1.82, 2.24) is 5.32 Å². The minimum Gasteiger partial charge on any atom is -0.508 e. The second-order valence-corrected chi connectivity index (χ2v) is 6.70. The van der Waals surface area contributed by atoms with E-state index in [4.69, 9.17) is 0 Å². The first-order chi connectivity index (χ1) is 11.9. The molecule has 3 rings (SSSR count). The summed E-state index contributed by atoms with van der Waals surface area (Å²) in [5.74, 6) is -0.475. The van der Waals surface area contributed by atoms with Crippen LogP contribution >= 0.6 is 0 Å². The minimum absolute atomic E-state index is 0.0521. The van der Waals surface area contributed by atoms with E-state index in [1.807, 2.05) is 13.0 Å². The van der Waals surface area contributed by atoms with Crippen molar-refractivity contribution in [2.24, 2.45) is 0 Å². The van der Waals surface area contributed by atoms with Gasteiger partial charge in [-0.2, -0.15) is 0 Å². The molecule has 0 amide bonds. The Hall–Kier alpha value is -2.53. The number of aromatic hydroxyl groups is 2. The van der Waals surface area contributed by atoms with Gasteiger partial charge in [0.2, 0.25) is 0 Å². The molecule has 132 valence electrons. The van der Waals surface area contributed by atoms with Crippen LogP contribution in [0.5, 0.6) is 11.5 Å². The number of phenols is 2. The molecule has 0 bridgehead atoms. The molecular formula is C20H23NO4. The summed E-state index contributed by atoms with van der Waals surface area (Å²) in [4.78, 5) is 12.1. The van der Waals surface area contributed by atoms with Crippen molar-refractivity contribution >= 4 is 5.97 Å². The van der Waals surface area contributed by atoms with Crippen molar-refractivity contribution in [1.29, 1.82) is 0 Å². The number of fused-ring (bicyclic) bond motifs is 1. The Bertz CT molecular complexity index is 772. The third-order valence-electron chi connectivity index (χ3n) is 5.11. The van der Waals surface area contributed by atoms with Crippen molar-refractivity contribution < 1.29 is 20.1 Å². The Morgan fingerprint density at radius 1 is 1.16 bits per heavy atom. The van der Waals surface area contributed by atoms with Crippen molar-refractivity contribution in [3.63, 3.8) is 0 Å². The predicted octanol–water partition coefficient (Wildman–Crippen LogP) is 3.15. The molecule has 2 atom stereocenters. The summed E-state index contributed by atoms with van der Waals surface area (Å²) < 4.78 is 0. The number of carboxylic acids is 1. The summed E-state index contributed by atoms with van der Waals surface area (Å²) in [6.07, 6.45) is 2.40. The van der Waals surface area contributed by atoms with Gasteiger partial charge in [-0.3, -0.25) is 10.1 Å². The Labute approximate surface area is 146 Å². The summed E-state index contributed by atoms with van der Waals surface area (Å²) in [6, 6.07) is 11.9. The second kappa shape index (κ2) is 6.76. The third-order valence-corrected chi connectivity index (χ3v) is 5.11. The monoisotopic (exact) mass is 341 g/mol. The van der Waals surface area contributed by atoms with Crippen LogP contribution in [0.2, 0.25) is 0 Å². The number of hydrogen-bond acceptors (Lipinski definition) is 4. The fourth-order valence-corrected chi connectivity index (χ4v) is 3.62. The van der Waals surface area contributed by atoms with Crippen molar-refractivity contribution in [3.8, 4) is 11.5 Å². The Kier molecular flexibility index (Phi) is 4.68. The van der Waals surface area contributed by atoms with E-state index in [1.54, 1.807) is 36.4 Å². The molecule has 0 spiro atoms. The van der Waals surface area contributed by atoms with Crippen molar-refractivity contribution in [2.45, 2.75) is 44.2 Å². The third kappa shape index (κ3) is 3.46. The summed E-state index contributed by atoms with van der Waals surface area (Å²) in [5, 5.41) is 32.4. The van der Waals surface area contributed by atoms with Gasteiger partial charge in [-0.05, 0) is 60.2 Å². The number of benzene rings is 2. The van der Waals surface area contributed by atoms with Crippen LogP contribution in [0.25, 0.3) is 0 Å². The average Bonchev–Trinajstić information content (AvgIpc) is 2.97. The molecule has 0 saturated heterocycles. The molecule has 0 saturated carbocycles. The lowest BCUT2D eigenvalue weighted by Crippen LogP contribution is -2.54.